The molecule has 0 aliphatic carbocycles. The molecule has 2 amide bonds. The van der Waals surface area contributed by atoms with E-state index in [9.17, 15) is 45.0 Å². The molecule has 0 radical (unpaired) electrons. The van der Waals surface area contributed by atoms with Crippen molar-refractivity contribution in [1.29, 1.82) is 0 Å². The second kappa shape index (κ2) is 12.5. The lowest BCUT2D eigenvalue weighted by Gasteiger charge is -2.49. The van der Waals surface area contributed by atoms with Crippen LogP contribution in [0.5, 0.6) is 0 Å². The van der Waals surface area contributed by atoms with Gasteiger partial charge in [0.05, 0.1) is 13.2 Å². The van der Waals surface area contributed by atoms with Crippen LogP contribution in [-0.2, 0) is 23.8 Å². The molecule has 2 aliphatic heterocycles. The molecule has 1 aromatic carbocycles. The highest BCUT2D eigenvalue weighted by atomic mass is 16.7. The minimum atomic E-state index is -1.83. The van der Waals surface area contributed by atoms with E-state index in [4.69, 9.17) is 18.6 Å². The van der Waals surface area contributed by atoms with Crippen molar-refractivity contribution in [3.05, 3.63) is 40.2 Å². The van der Waals surface area contributed by atoms with Crippen molar-refractivity contribution in [2.24, 2.45) is 0 Å². The van der Waals surface area contributed by atoms with Gasteiger partial charge in [0, 0.05) is 37.1 Å². The van der Waals surface area contributed by atoms with Crippen LogP contribution < -0.4 is 15.8 Å². The number of nitrogens with one attached hydrogen (secondary N) is 1. The normalized spacial score (nSPS) is 33.9. The summed E-state index contributed by atoms with van der Waals surface area (Å²) in [7, 11) is 0. The summed E-state index contributed by atoms with van der Waals surface area (Å²) in [6.07, 6.45) is -12.7. The Morgan fingerprint density at radius 3 is 2.27 bits per heavy atom. The van der Waals surface area contributed by atoms with Crippen molar-refractivity contribution >= 4 is 28.5 Å². The summed E-state index contributed by atoms with van der Waals surface area (Å²) in [6.45, 7) is 2.53. The van der Waals surface area contributed by atoms with E-state index >= 15 is 0 Å². The number of aliphatic hydroxyl groups excluding tert-OH is 6. The highest BCUT2D eigenvalue weighted by molar-refractivity contribution is 5.95. The van der Waals surface area contributed by atoms with E-state index in [1.165, 1.54) is 25.1 Å². The Hall–Kier alpha value is -2.99. The van der Waals surface area contributed by atoms with Gasteiger partial charge in [0.15, 0.2) is 12.6 Å². The van der Waals surface area contributed by atoms with Crippen molar-refractivity contribution in [3.63, 3.8) is 0 Å². The van der Waals surface area contributed by atoms with Crippen LogP contribution >= 0.6 is 0 Å². The van der Waals surface area contributed by atoms with Crippen molar-refractivity contribution in [1.82, 2.24) is 5.32 Å². The van der Waals surface area contributed by atoms with Crippen LogP contribution in [0, 0.1) is 6.92 Å². The zero-order chi connectivity index (χ0) is 30.2. The first kappa shape index (κ1) is 31.0. The first-order chi connectivity index (χ1) is 19.4. The summed E-state index contributed by atoms with van der Waals surface area (Å²) >= 11 is 0. The summed E-state index contributed by atoms with van der Waals surface area (Å²) in [5.74, 6) is -1.26. The first-order valence-corrected chi connectivity index (χ1v) is 12.9. The Labute approximate surface area is 233 Å². The van der Waals surface area contributed by atoms with Gasteiger partial charge >= 0.3 is 5.63 Å². The first-order valence-electron chi connectivity index (χ1n) is 12.9. The molecule has 0 bridgehead atoms. The number of fused-ring (bicyclic) bond motifs is 1. The molecule has 2 saturated heterocycles. The minimum Gasteiger partial charge on any atom is -0.423 e. The summed E-state index contributed by atoms with van der Waals surface area (Å²) in [4.78, 5) is 37.6. The molecule has 0 unspecified atom stereocenters. The topological polar surface area (TPSA) is 229 Å². The Kier molecular flexibility index (Phi) is 9.42. The van der Waals surface area contributed by atoms with Crippen LogP contribution in [0.15, 0.2) is 33.5 Å². The molecule has 7 N–H and O–H groups in total. The van der Waals surface area contributed by atoms with E-state index in [-0.39, 0.29) is 11.3 Å². The molecule has 1 aromatic heterocycles. The molecule has 2 aromatic rings. The van der Waals surface area contributed by atoms with Crippen LogP contribution in [0.1, 0.15) is 19.4 Å². The third-order valence-electron chi connectivity index (χ3n) is 7.23. The average molecular weight is 583 g/mol. The fourth-order valence-electron chi connectivity index (χ4n) is 5.28. The minimum absolute atomic E-state index is 0.135. The van der Waals surface area contributed by atoms with Gasteiger partial charge in [0.25, 0.3) is 0 Å². The molecule has 3 heterocycles. The van der Waals surface area contributed by atoms with Crippen LogP contribution in [0.25, 0.3) is 11.0 Å². The number of nitrogens with zero attached hydrogens (tertiary/aromatic N) is 1. The maximum atomic E-state index is 12.9. The lowest BCUT2D eigenvalue weighted by molar-refractivity contribution is -0.326. The van der Waals surface area contributed by atoms with Crippen LogP contribution in [0.2, 0.25) is 0 Å². The molecule has 10 atom stereocenters. The molecule has 2 aliphatic rings. The molecule has 41 heavy (non-hydrogen) atoms. The maximum Gasteiger partial charge on any atom is 0.336 e. The van der Waals surface area contributed by atoms with Crippen LogP contribution in [-0.4, -0.2) is 117 Å². The number of carbonyl (C=O) groups is 2. The van der Waals surface area contributed by atoms with Crippen molar-refractivity contribution in [2.75, 3.05) is 18.1 Å². The lowest BCUT2D eigenvalue weighted by atomic mass is 9.93. The lowest BCUT2D eigenvalue weighted by Crippen LogP contribution is -2.69. The molecular weight excluding hydrogens is 548 g/mol. The molecular formula is C26H34N2O13. The number of aryl methyl sites for hydroxylation is 1. The zero-order valence-corrected chi connectivity index (χ0v) is 22.5. The SMILES string of the molecule is CC(=O)N[C@H]1[C@H](O[C@H]2[C@H](O)[C@@H](N(C(C)=O)c3ccc4c(C)cc(=O)oc4c3)[C@H](O)O[C@@H]2CO)O[C@H](CO)[C@@H](O)[C@@H]1O. The fourth-order valence-corrected chi connectivity index (χ4v) is 5.28. The van der Waals surface area contributed by atoms with Gasteiger partial charge < -0.3 is 59.5 Å². The fraction of sp³-hybridized carbons (Fsp3) is 0.577. The molecule has 4 rings (SSSR count). The molecule has 226 valence electrons. The van der Waals surface area contributed by atoms with Crippen molar-refractivity contribution in [3.8, 4) is 0 Å². The Morgan fingerprint density at radius 2 is 1.66 bits per heavy atom. The molecule has 2 fully saturated rings. The molecule has 0 spiro atoms. The van der Waals surface area contributed by atoms with Gasteiger partial charge in [-0.3, -0.25) is 9.59 Å². The molecule has 0 saturated carbocycles. The summed E-state index contributed by atoms with van der Waals surface area (Å²) in [6, 6.07) is 2.91. The number of carbonyl (C=O) groups excluding carboxylic acids is 2. The Morgan fingerprint density at radius 1 is 0.976 bits per heavy atom. The highest BCUT2D eigenvalue weighted by Crippen LogP contribution is 2.34. The van der Waals surface area contributed by atoms with E-state index < -0.39 is 91.9 Å². The number of hydrogen-bond donors (Lipinski definition) is 7. The third-order valence-corrected chi connectivity index (χ3v) is 7.23. The van der Waals surface area contributed by atoms with Gasteiger partial charge in [0.1, 0.15) is 54.3 Å². The zero-order valence-electron chi connectivity index (χ0n) is 22.5. The predicted molar refractivity (Wildman–Crippen MR) is 138 cm³/mol. The summed E-state index contributed by atoms with van der Waals surface area (Å²) in [5.41, 5.74) is 0.302. The smallest absolute Gasteiger partial charge is 0.336 e. The standard InChI is InChI=1S/C26H34N2O13/c1-10-6-18(33)38-15-7-13(4-5-14(10)15)28(12(3)32)20-23(36)24(17(9-30)39-25(20)37)41-26-19(27-11(2)31)22(35)21(34)16(8-29)40-26/h4-7,16-17,19-26,29-30,34-37H,8-9H2,1-3H3,(H,27,31)/t16-,17-,19-,20-,21-,22-,23-,24-,25-,26+/m1/s1. The van der Waals surface area contributed by atoms with Gasteiger partial charge in [-0.1, -0.05) is 0 Å². The third kappa shape index (κ3) is 6.13. The Bertz CT molecular complexity index is 1320. The van der Waals surface area contributed by atoms with E-state index in [2.05, 4.69) is 5.32 Å². The quantitative estimate of drug-likeness (QED) is 0.164. The Balaban J connectivity index is 1.70. The molecule has 15 heteroatoms. The van der Waals surface area contributed by atoms with Crippen LogP contribution in [0.3, 0.4) is 0 Å². The second-order valence-corrected chi connectivity index (χ2v) is 10.1. The highest BCUT2D eigenvalue weighted by Gasteiger charge is 2.53. The van der Waals surface area contributed by atoms with E-state index in [1.807, 2.05) is 0 Å². The van der Waals surface area contributed by atoms with Gasteiger partial charge in [-0.2, -0.15) is 0 Å². The van der Waals surface area contributed by atoms with Crippen molar-refractivity contribution in [2.45, 2.75) is 82.1 Å². The number of rotatable bonds is 7. The largest absolute Gasteiger partial charge is 0.423 e. The van der Waals surface area contributed by atoms with Crippen molar-refractivity contribution < 1.29 is 58.9 Å². The number of amides is 2. The molecule has 15 nitrogen and oxygen atoms in total. The number of aliphatic hydroxyl groups is 6. The summed E-state index contributed by atoms with van der Waals surface area (Å²) in [5, 5.41) is 65.8. The van der Waals surface area contributed by atoms with Gasteiger partial charge in [-0.25, -0.2) is 4.79 Å². The van der Waals surface area contributed by atoms with E-state index in [0.717, 1.165) is 11.8 Å². The van der Waals surface area contributed by atoms with E-state index in [0.29, 0.717) is 10.9 Å². The number of hydrogen-bond acceptors (Lipinski definition) is 13. The predicted octanol–water partition coefficient (Wildman–Crippen LogP) is -2.78. The monoisotopic (exact) mass is 582 g/mol. The number of benzene rings is 1. The van der Waals surface area contributed by atoms with Gasteiger partial charge in [-0.15, -0.1) is 0 Å². The van der Waals surface area contributed by atoms with Crippen LogP contribution in [0.4, 0.5) is 5.69 Å². The maximum absolute atomic E-state index is 12.9. The average Bonchev–Trinajstić information content (AvgIpc) is 2.90. The summed E-state index contributed by atoms with van der Waals surface area (Å²) < 4.78 is 22.3. The second-order valence-electron chi connectivity index (χ2n) is 10.1. The number of anilines is 1. The van der Waals surface area contributed by atoms with Gasteiger partial charge in [0.2, 0.25) is 11.8 Å². The van der Waals surface area contributed by atoms with E-state index in [1.54, 1.807) is 13.0 Å². The van der Waals surface area contributed by atoms with Gasteiger partial charge in [-0.05, 0) is 24.6 Å². The number of ether oxygens (including phenoxy) is 3.